The van der Waals surface area contributed by atoms with E-state index in [1.54, 1.807) is 12.3 Å². The first-order valence-corrected chi connectivity index (χ1v) is 8.53. The number of pyridine rings is 1. The number of anilines is 1. The number of carbonyl (C=O) groups excluding carboxylic acids is 1. The zero-order valence-electron chi connectivity index (χ0n) is 14.3. The molecule has 0 saturated carbocycles. The average molecular weight is 345 g/mol. The van der Waals surface area contributed by atoms with Crippen LogP contribution in [0.3, 0.4) is 0 Å². The molecule has 0 atom stereocenters. The van der Waals surface area contributed by atoms with Crippen LogP contribution in [0.1, 0.15) is 15.9 Å². The van der Waals surface area contributed by atoms with E-state index < -0.39 is 0 Å². The summed E-state index contributed by atoms with van der Waals surface area (Å²) in [6, 6.07) is 19.1. The zero-order chi connectivity index (χ0) is 17.9. The van der Waals surface area contributed by atoms with E-state index >= 15 is 0 Å². The van der Waals surface area contributed by atoms with Gasteiger partial charge in [0.25, 0.3) is 5.91 Å². The van der Waals surface area contributed by atoms with E-state index in [9.17, 15) is 4.79 Å². The van der Waals surface area contributed by atoms with Crippen molar-refractivity contribution in [2.75, 3.05) is 18.9 Å². The fourth-order valence-corrected chi connectivity index (χ4v) is 3.09. The lowest BCUT2D eigenvalue weighted by Gasteiger charge is -2.20. The van der Waals surface area contributed by atoms with E-state index in [1.165, 1.54) is 0 Å². The predicted molar refractivity (Wildman–Crippen MR) is 101 cm³/mol. The van der Waals surface area contributed by atoms with Crippen LogP contribution in [0.2, 0.25) is 0 Å². The van der Waals surface area contributed by atoms with Crippen molar-refractivity contribution in [3.63, 3.8) is 0 Å². The monoisotopic (exact) mass is 345 g/mol. The number of amides is 1. The number of nitrogens with zero attached hydrogens (tertiary/aromatic N) is 2. The van der Waals surface area contributed by atoms with E-state index in [0.717, 1.165) is 22.4 Å². The Kier molecular flexibility index (Phi) is 4.27. The third-order valence-corrected chi connectivity index (χ3v) is 4.47. The molecule has 5 nitrogen and oxygen atoms in total. The third kappa shape index (κ3) is 3.24. The van der Waals surface area contributed by atoms with Crippen molar-refractivity contribution >= 4 is 11.7 Å². The van der Waals surface area contributed by atoms with Gasteiger partial charge in [-0.1, -0.05) is 24.3 Å². The number of hydrogen-bond donors (Lipinski definition) is 1. The Morgan fingerprint density at radius 3 is 2.62 bits per heavy atom. The normalized spacial score (nSPS) is 13.5. The molecule has 0 saturated heterocycles. The Balaban J connectivity index is 1.63. The fourth-order valence-electron chi connectivity index (χ4n) is 3.09. The maximum atomic E-state index is 12.8. The molecule has 4 rings (SSSR count). The number of benzene rings is 2. The SMILES string of the molecule is Nc1ccc(-c2ccc3c(c2)CN(C(=O)c2ccccc2)CCO3)cn1. The summed E-state index contributed by atoms with van der Waals surface area (Å²) in [5, 5.41) is 0. The number of ether oxygens (including phenoxy) is 1. The first-order chi connectivity index (χ1) is 12.7. The summed E-state index contributed by atoms with van der Waals surface area (Å²) in [6.45, 7) is 1.55. The molecule has 0 spiro atoms. The molecular weight excluding hydrogens is 326 g/mol. The molecule has 0 aliphatic carbocycles. The molecule has 130 valence electrons. The smallest absolute Gasteiger partial charge is 0.254 e. The van der Waals surface area contributed by atoms with Gasteiger partial charge in [0.15, 0.2) is 0 Å². The Labute approximate surface area is 152 Å². The summed E-state index contributed by atoms with van der Waals surface area (Å²) in [7, 11) is 0. The first-order valence-electron chi connectivity index (χ1n) is 8.53. The van der Waals surface area contributed by atoms with Crippen LogP contribution in [0.15, 0.2) is 66.9 Å². The van der Waals surface area contributed by atoms with E-state index in [4.69, 9.17) is 10.5 Å². The molecule has 0 radical (unpaired) electrons. The van der Waals surface area contributed by atoms with Crippen LogP contribution < -0.4 is 10.5 Å². The van der Waals surface area contributed by atoms with Gasteiger partial charge in [-0.15, -0.1) is 0 Å². The summed E-state index contributed by atoms with van der Waals surface area (Å²) >= 11 is 0. The van der Waals surface area contributed by atoms with Crippen molar-refractivity contribution in [1.82, 2.24) is 9.88 Å². The summed E-state index contributed by atoms with van der Waals surface area (Å²) in [5.41, 5.74) is 9.35. The van der Waals surface area contributed by atoms with E-state index in [-0.39, 0.29) is 5.91 Å². The second-order valence-corrected chi connectivity index (χ2v) is 6.24. The lowest BCUT2D eigenvalue weighted by molar-refractivity contribution is 0.0733. The van der Waals surface area contributed by atoms with Gasteiger partial charge in [0, 0.05) is 29.4 Å². The van der Waals surface area contributed by atoms with Gasteiger partial charge in [0.05, 0.1) is 6.54 Å². The fraction of sp³-hybridized carbons (Fsp3) is 0.143. The molecule has 3 aromatic rings. The Hall–Kier alpha value is -3.34. The lowest BCUT2D eigenvalue weighted by atomic mass is 10.0. The molecule has 0 bridgehead atoms. The molecule has 0 fully saturated rings. The third-order valence-electron chi connectivity index (χ3n) is 4.47. The Bertz CT molecular complexity index is 924. The van der Waals surface area contributed by atoms with Crippen LogP contribution in [0.25, 0.3) is 11.1 Å². The minimum absolute atomic E-state index is 0.0154. The van der Waals surface area contributed by atoms with Gasteiger partial charge in [0.1, 0.15) is 18.2 Å². The van der Waals surface area contributed by atoms with E-state index in [1.807, 2.05) is 53.4 Å². The van der Waals surface area contributed by atoms with E-state index in [0.29, 0.717) is 31.1 Å². The molecular formula is C21H19N3O2. The largest absolute Gasteiger partial charge is 0.491 e. The van der Waals surface area contributed by atoms with Gasteiger partial charge in [-0.2, -0.15) is 0 Å². The highest BCUT2D eigenvalue weighted by molar-refractivity contribution is 5.94. The number of aromatic nitrogens is 1. The highest BCUT2D eigenvalue weighted by atomic mass is 16.5. The summed E-state index contributed by atoms with van der Waals surface area (Å²) in [6.07, 6.45) is 1.75. The lowest BCUT2D eigenvalue weighted by Crippen LogP contribution is -2.32. The molecule has 2 N–H and O–H groups in total. The molecule has 2 aromatic carbocycles. The molecule has 1 amide bonds. The Morgan fingerprint density at radius 2 is 1.85 bits per heavy atom. The number of nitrogen functional groups attached to an aromatic ring is 1. The van der Waals surface area contributed by atoms with Crippen LogP contribution in [-0.4, -0.2) is 28.9 Å². The van der Waals surface area contributed by atoms with Crippen LogP contribution in [-0.2, 0) is 6.54 Å². The Morgan fingerprint density at radius 1 is 1.04 bits per heavy atom. The minimum atomic E-state index is 0.0154. The second-order valence-electron chi connectivity index (χ2n) is 6.24. The maximum Gasteiger partial charge on any atom is 0.254 e. The molecule has 1 aliphatic rings. The first kappa shape index (κ1) is 16.1. The average Bonchev–Trinajstić information content (AvgIpc) is 2.90. The number of nitrogens with two attached hydrogens (primary N) is 1. The van der Waals surface area contributed by atoms with Gasteiger partial charge in [-0.05, 0) is 42.0 Å². The predicted octanol–water partition coefficient (Wildman–Crippen LogP) is 3.37. The topological polar surface area (TPSA) is 68.5 Å². The summed E-state index contributed by atoms with van der Waals surface area (Å²) in [5.74, 6) is 1.33. The van der Waals surface area contributed by atoms with Crippen LogP contribution in [0, 0.1) is 0 Å². The van der Waals surface area contributed by atoms with Gasteiger partial charge < -0.3 is 15.4 Å². The molecule has 1 aromatic heterocycles. The highest BCUT2D eigenvalue weighted by Crippen LogP contribution is 2.29. The van der Waals surface area contributed by atoms with Crippen molar-refractivity contribution in [3.8, 4) is 16.9 Å². The van der Waals surface area contributed by atoms with Gasteiger partial charge in [-0.3, -0.25) is 4.79 Å². The quantitative estimate of drug-likeness (QED) is 0.773. The van der Waals surface area contributed by atoms with Gasteiger partial charge in [0.2, 0.25) is 0 Å². The van der Waals surface area contributed by atoms with E-state index in [2.05, 4.69) is 11.1 Å². The summed E-state index contributed by atoms with van der Waals surface area (Å²) in [4.78, 5) is 18.8. The van der Waals surface area contributed by atoms with Gasteiger partial charge in [-0.25, -0.2) is 4.98 Å². The van der Waals surface area contributed by atoms with Gasteiger partial charge >= 0.3 is 0 Å². The van der Waals surface area contributed by atoms with Crippen molar-refractivity contribution in [3.05, 3.63) is 78.0 Å². The van der Waals surface area contributed by atoms with Crippen molar-refractivity contribution in [2.24, 2.45) is 0 Å². The van der Waals surface area contributed by atoms with Crippen LogP contribution in [0.5, 0.6) is 5.75 Å². The summed E-state index contributed by atoms with van der Waals surface area (Å²) < 4.78 is 5.85. The molecule has 1 aliphatic heterocycles. The maximum absolute atomic E-state index is 12.8. The molecule has 5 heteroatoms. The molecule has 0 unspecified atom stereocenters. The number of fused-ring (bicyclic) bond motifs is 1. The van der Waals surface area contributed by atoms with Crippen molar-refractivity contribution < 1.29 is 9.53 Å². The van der Waals surface area contributed by atoms with Crippen molar-refractivity contribution in [1.29, 1.82) is 0 Å². The zero-order valence-corrected chi connectivity index (χ0v) is 14.3. The second kappa shape index (κ2) is 6.88. The standard InChI is InChI=1S/C21H19N3O2/c22-20-9-7-17(13-23-20)16-6-8-19-18(12-16)14-24(10-11-26-19)21(25)15-4-2-1-3-5-15/h1-9,12-13H,10-11,14H2,(H2,22,23). The van der Waals surface area contributed by atoms with Crippen LogP contribution >= 0.6 is 0 Å². The van der Waals surface area contributed by atoms with Crippen LogP contribution in [0.4, 0.5) is 5.82 Å². The number of rotatable bonds is 2. The molecule has 2 heterocycles. The molecule has 26 heavy (non-hydrogen) atoms. The minimum Gasteiger partial charge on any atom is -0.491 e. The van der Waals surface area contributed by atoms with Crippen molar-refractivity contribution in [2.45, 2.75) is 6.54 Å². The number of hydrogen-bond acceptors (Lipinski definition) is 4. The highest BCUT2D eigenvalue weighted by Gasteiger charge is 2.21. The number of carbonyl (C=O) groups is 1.